The average Bonchev–Trinajstić information content (AvgIpc) is 2.71. The summed E-state index contributed by atoms with van der Waals surface area (Å²) < 4.78 is 10.8. The SMILES string of the molecule is CC[C@H](C)C(=O)O[C@H]1C[C@H](OC(=O)O)C=C2C=C[C@H](C)[C@H](CC[C@@H](O)C[C@@H](O)CC(=O)O)[C@H]21. The predicted octanol–water partition coefficient (Wildman–Crippen LogP) is 3.14. The molecule has 0 aromatic heterocycles. The average molecular weight is 469 g/mol. The molecule has 2 aliphatic rings. The minimum absolute atomic E-state index is 0.00743. The summed E-state index contributed by atoms with van der Waals surface area (Å²) in [6.07, 6.45) is 2.33. The van der Waals surface area contributed by atoms with E-state index in [0.717, 1.165) is 5.57 Å². The summed E-state index contributed by atoms with van der Waals surface area (Å²) in [5, 5.41) is 38.0. The molecule has 33 heavy (non-hydrogen) atoms. The quantitative estimate of drug-likeness (QED) is 0.335. The lowest BCUT2D eigenvalue weighted by atomic mass is 9.66. The van der Waals surface area contributed by atoms with Gasteiger partial charge in [0, 0.05) is 12.3 Å². The van der Waals surface area contributed by atoms with E-state index in [-0.39, 0.29) is 42.5 Å². The normalized spacial score (nSPS) is 29.2. The minimum atomic E-state index is -1.39. The first kappa shape index (κ1) is 26.9. The third-order valence-corrected chi connectivity index (χ3v) is 6.68. The predicted molar refractivity (Wildman–Crippen MR) is 118 cm³/mol. The Kier molecular flexibility index (Phi) is 9.91. The van der Waals surface area contributed by atoms with Crippen molar-refractivity contribution in [2.45, 2.75) is 83.7 Å². The number of carbonyl (C=O) groups is 3. The molecule has 0 amide bonds. The molecule has 9 heteroatoms. The van der Waals surface area contributed by atoms with Crippen molar-refractivity contribution < 1.29 is 44.3 Å². The number of hydrogen-bond donors (Lipinski definition) is 4. The van der Waals surface area contributed by atoms with Crippen LogP contribution in [0.4, 0.5) is 4.79 Å². The van der Waals surface area contributed by atoms with E-state index in [9.17, 15) is 24.6 Å². The van der Waals surface area contributed by atoms with Gasteiger partial charge in [0.15, 0.2) is 0 Å². The summed E-state index contributed by atoms with van der Waals surface area (Å²) in [4.78, 5) is 34.4. The number of esters is 1. The zero-order valence-electron chi connectivity index (χ0n) is 19.4. The van der Waals surface area contributed by atoms with E-state index in [1.165, 1.54) is 0 Å². The van der Waals surface area contributed by atoms with Crippen molar-refractivity contribution in [1.29, 1.82) is 0 Å². The van der Waals surface area contributed by atoms with Gasteiger partial charge in [0.05, 0.1) is 24.5 Å². The lowest BCUT2D eigenvalue weighted by Gasteiger charge is -2.43. The summed E-state index contributed by atoms with van der Waals surface area (Å²) in [6.45, 7) is 5.71. The molecule has 0 aromatic carbocycles. The standard InChI is InChI=1S/C24H36O9/c1-4-13(2)23(29)33-20-12-18(32-24(30)31)9-15-6-5-14(3)19(22(15)20)8-7-16(25)10-17(26)11-21(27)28/h5-6,9,13-14,16-20,22,25-26H,4,7-8,10-12H2,1-3H3,(H,27,28)(H,30,31)/t13-,14-,16+,17+,18+,19-,20-,22-/m0/s1. The molecule has 2 aliphatic carbocycles. The second-order valence-corrected chi connectivity index (χ2v) is 9.24. The Morgan fingerprint density at radius 2 is 1.85 bits per heavy atom. The molecule has 2 rings (SSSR count). The molecule has 9 nitrogen and oxygen atoms in total. The lowest BCUT2D eigenvalue weighted by Crippen LogP contribution is -2.44. The molecule has 0 aliphatic heterocycles. The summed E-state index contributed by atoms with van der Waals surface area (Å²) in [5.41, 5.74) is 0.845. The van der Waals surface area contributed by atoms with Crippen LogP contribution in [0.5, 0.6) is 0 Å². The Morgan fingerprint density at radius 1 is 1.15 bits per heavy atom. The van der Waals surface area contributed by atoms with E-state index in [2.05, 4.69) is 0 Å². The fourth-order valence-electron chi connectivity index (χ4n) is 4.72. The van der Waals surface area contributed by atoms with Crippen molar-refractivity contribution in [2.75, 3.05) is 0 Å². The van der Waals surface area contributed by atoms with Crippen LogP contribution >= 0.6 is 0 Å². The number of carbonyl (C=O) groups excluding carboxylic acids is 1. The highest BCUT2D eigenvalue weighted by atomic mass is 16.7. The first-order valence-electron chi connectivity index (χ1n) is 11.6. The molecule has 8 atom stereocenters. The van der Waals surface area contributed by atoms with E-state index in [4.69, 9.17) is 19.7 Å². The van der Waals surface area contributed by atoms with Crippen LogP contribution in [-0.2, 0) is 19.1 Å². The maximum atomic E-state index is 12.6. The van der Waals surface area contributed by atoms with Gasteiger partial charge in [-0.3, -0.25) is 9.59 Å². The number of aliphatic hydroxyl groups excluding tert-OH is 2. The summed E-state index contributed by atoms with van der Waals surface area (Å²) in [7, 11) is 0. The number of aliphatic carboxylic acids is 1. The van der Waals surface area contributed by atoms with Gasteiger partial charge in [-0.15, -0.1) is 0 Å². The van der Waals surface area contributed by atoms with Crippen molar-refractivity contribution in [1.82, 2.24) is 0 Å². The maximum absolute atomic E-state index is 12.6. The first-order valence-corrected chi connectivity index (χ1v) is 11.6. The van der Waals surface area contributed by atoms with E-state index >= 15 is 0 Å². The Morgan fingerprint density at radius 3 is 2.45 bits per heavy atom. The summed E-state index contributed by atoms with van der Waals surface area (Å²) >= 11 is 0. The monoisotopic (exact) mass is 468 g/mol. The van der Waals surface area contributed by atoms with Crippen molar-refractivity contribution in [3.63, 3.8) is 0 Å². The van der Waals surface area contributed by atoms with E-state index in [0.29, 0.717) is 19.3 Å². The molecule has 4 N–H and O–H groups in total. The van der Waals surface area contributed by atoms with E-state index in [1.807, 2.05) is 26.0 Å². The molecule has 0 heterocycles. The van der Waals surface area contributed by atoms with Gasteiger partial charge in [0.2, 0.25) is 0 Å². The van der Waals surface area contributed by atoms with Crippen LogP contribution in [0.2, 0.25) is 0 Å². The molecule has 0 saturated carbocycles. The highest BCUT2D eigenvalue weighted by molar-refractivity contribution is 5.72. The molecular formula is C24H36O9. The fourth-order valence-corrected chi connectivity index (χ4v) is 4.72. The Bertz CT molecular complexity index is 759. The van der Waals surface area contributed by atoms with Crippen LogP contribution in [0.3, 0.4) is 0 Å². The largest absolute Gasteiger partial charge is 0.506 e. The highest BCUT2D eigenvalue weighted by Gasteiger charge is 2.43. The number of allylic oxidation sites excluding steroid dienone is 2. The molecule has 0 aromatic rings. The molecule has 0 fully saturated rings. The third kappa shape index (κ3) is 7.85. The van der Waals surface area contributed by atoms with Crippen molar-refractivity contribution in [2.24, 2.45) is 23.7 Å². The molecule has 0 radical (unpaired) electrons. The Hall–Kier alpha value is -2.39. The van der Waals surface area contributed by atoms with Crippen molar-refractivity contribution in [3.05, 3.63) is 23.8 Å². The highest BCUT2D eigenvalue weighted by Crippen LogP contribution is 2.44. The van der Waals surface area contributed by atoms with Crippen LogP contribution in [-0.4, -0.2) is 62.9 Å². The maximum Gasteiger partial charge on any atom is 0.506 e. The third-order valence-electron chi connectivity index (χ3n) is 6.68. The smallest absolute Gasteiger partial charge is 0.481 e. The van der Waals surface area contributed by atoms with Gasteiger partial charge >= 0.3 is 18.1 Å². The van der Waals surface area contributed by atoms with Crippen molar-refractivity contribution in [3.8, 4) is 0 Å². The van der Waals surface area contributed by atoms with Gasteiger partial charge in [-0.2, -0.15) is 0 Å². The molecule has 186 valence electrons. The van der Waals surface area contributed by atoms with Crippen LogP contribution in [0, 0.1) is 23.7 Å². The second-order valence-electron chi connectivity index (χ2n) is 9.24. The van der Waals surface area contributed by atoms with E-state index < -0.39 is 43.0 Å². The van der Waals surface area contributed by atoms with E-state index in [1.54, 1.807) is 13.0 Å². The van der Waals surface area contributed by atoms with Gasteiger partial charge < -0.3 is 29.9 Å². The molecular weight excluding hydrogens is 432 g/mol. The summed E-state index contributed by atoms with van der Waals surface area (Å²) in [5.74, 6) is -1.80. The van der Waals surface area contributed by atoms with Crippen molar-refractivity contribution >= 4 is 18.1 Å². The van der Waals surface area contributed by atoms with Crippen LogP contribution in [0.1, 0.15) is 59.3 Å². The zero-order chi connectivity index (χ0) is 24.7. The van der Waals surface area contributed by atoms with Gasteiger partial charge in [0.25, 0.3) is 0 Å². The number of aliphatic hydroxyl groups is 2. The number of ether oxygens (including phenoxy) is 2. The van der Waals surface area contributed by atoms with Gasteiger partial charge in [-0.05, 0) is 49.2 Å². The van der Waals surface area contributed by atoms with Crippen LogP contribution in [0.25, 0.3) is 0 Å². The van der Waals surface area contributed by atoms with Gasteiger partial charge in [0.1, 0.15) is 12.2 Å². The number of carboxylic acids is 1. The number of carboxylic acid groups (broad SMARTS) is 2. The molecule has 0 spiro atoms. The lowest BCUT2D eigenvalue weighted by molar-refractivity contribution is -0.159. The van der Waals surface area contributed by atoms with Crippen LogP contribution < -0.4 is 0 Å². The topological polar surface area (TPSA) is 151 Å². The molecule has 0 unspecified atom stereocenters. The van der Waals surface area contributed by atoms with Gasteiger partial charge in [-0.25, -0.2) is 4.79 Å². The minimum Gasteiger partial charge on any atom is -0.481 e. The number of fused-ring (bicyclic) bond motifs is 1. The molecule has 0 bridgehead atoms. The Labute approximate surface area is 194 Å². The zero-order valence-corrected chi connectivity index (χ0v) is 19.4. The first-order chi connectivity index (χ1) is 15.5. The Balaban J connectivity index is 2.19. The van der Waals surface area contributed by atoms with Gasteiger partial charge in [-0.1, -0.05) is 32.9 Å². The fraction of sp³-hybridized carbons (Fsp3) is 0.708. The number of hydrogen-bond acceptors (Lipinski definition) is 7. The van der Waals surface area contributed by atoms with Crippen LogP contribution in [0.15, 0.2) is 23.8 Å². The molecule has 0 saturated heterocycles. The second kappa shape index (κ2) is 12.2. The number of rotatable bonds is 11. The summed E-state index contributed by atoms with van der Waals surface area (Å²) in [6, 6.07) is 0.